The van der Waals surface area contributed by atoms with Gasteiger partial charge in [0.2, 0.25) is 4.96 Å². The van der Waals surface area contributed by atoms with E-state index in [0.29, 0.717) is 23.6 Å². The van der Waals surface area contributed by atoms with Crippen molar-refractivity contribution in [3.8, 4) is 22.1 Å². The fraction of sp³-hybridized carbons (Fsp3) is 0.273. The predicted octanol–water partition coefficient (Wildman–Crippen LogP) is 4.46. The Kier molecular flexibility index (Phi) is 6.13. The lowest BCUT2D eigenvalue weighted by Gasteiger charge is -2.12. The van der Waals surface area contributed by atoms with Crippen LogP contribution in [0.3, 0.4) is 0 Å². The van der Waals surface area contributed by atoms with Crippen LogP contribution in [0.5, 0.6) is 11.5 Å². The first-order chi connectivity index (χ1) is 15.1. The first-order valence-electron chi connectivity index (χ1n) is 10.1. The number of benzene rings is 2. The zero-order valence-electron chi connectivity index (χ0n) is 17.6. The number of nitrogens with zero attached hydrogens (tertiary/aromatic N) is 4. The monoisotopic (exact) mass is 437 g/mol. The molecule has 160 valence electrons. The normalized spacial score (nSPS) is 10.9. The second-order valence-electron chi connectivity index (χ2n) is 6.81. The number of aromatic nitrogens is 4. The highest BCUT2D eigenvalue weighted by atomic mass is 32.1. The van der Waals surface area contributed by atoms with Gasteiger partial charge in [-0.3, -0.25) is 4.79 Å². The van der Waals surface area contributed by atoms with Gasteiger partial charge in [-0.05, 0) is 48.9 Å². The number of anilines is 1. The van der Waals surface area contributed by atoms with Crippen molar-refractivity contribution in [3.63, 3.8) is 0 Å². The van der Waals surface area contributed by atoms with E-state index in [2.05, 4.69) is 20.6 Å². The topological polar surface area (TPSA) is 90.6 Å². The molecule has 4 aromatic rings. The standard InChI is InChI=1S/C22H23N5O3S/c1-4-12-30-16-9-6-14(7-10-16)20(28)23-17-13-15(8-11-18(17)29-3)21-26-27-19(5-2)24-25-22(27)31-21/h6-11,13H,4-5,12H2,1-3H3,(H,23,28). The van der Waals surface area contributed by atoms with Crippen LogP contribution < -0.4 is 14.8 Å². The quantitative estimate of drug-likeness (QED) is 0.438. The zero-order chi connectivity index (χ0) is 21.8. The Morgan fingerprint density at radius 1 is 1.13 bits per heavy atom. The van der Waals surface area contributed by atoms with Crippen molar-refractivity contribution in [2.75, 3.05) is 19.0 Å². The number of rotatable bonds is 8. The van der Waals surface area contributed by atoms with Crippen LogP contribution >= 0.6 is 11.3 Å². The van der Waals surface area contributed by atoms with Crippen LogP contribution in [0, 0.1) is 0 Å². The van der Waals surface area contributed by atoms with Gasteiger partial charge in [0.15, 0.2) is 5.82 Å². The molecule has 0 spiro atoms. The van der Waals surface area contributed by atoms with E-state index in [4.69, 9.17) is 9.47 Å². The molecule has 2 aromatic heterocycles. The summed E-state index contributed by atoms with van der Waals surface area (Å²) in [6, 6.07) is 12.7. The molecule has 0 saturated carbocycles. The third kappa shape index (κ3) is 4.36. The molecule has 31 heavy (non-hydrogen) atoms. The average Bonchev–Trinajstić information content (AvgIpc) is 3.38. The predicted molar refractivity (Wildman–Crippen MR) is 120 cm³/mol. The maximum atomic E-state index is 12.8. The third-order valence-corrected chi connectivity index (χ3v) is 5.60. The Bertz CT molecular complexity index is 1200. The number of hydrogen-bond acceptors (Lipinski definition) is 7. The molecule has 0 unspecified atom stereocenters. The molecule has 9 heteroatoms. The minimum absolute atomic E-state index is 0.232. The molecular formula is C22H23N5O3S. The summed E-state index contributed by atoms with van der Waals surface area (Å²) in [4.78, 5) is 13.5. The molecule has 0 saturated heterocycles. The smallest absolute Gasteiger partial charge is 0.255 e. The van der Waals surface area contributed by atoms with E-state index in [1.807, 2.05) is 32.0 Å². The summed E-state index contributed by atoms with van der Waals surface area (Å²) in [5, 5.41) is 16.6. The molecule has 0 bridgehead atoms. The van der Waals surface area contributed by atoms with Gasteiger partial charge in [0.25, 0.3) is 5.91 Å². The van der Waals surface area contributed by atoms with Crippen molar-refractivity contribution >= 4 is 27.9 Å². The van der Waals surface area contributed by atoms with Gasteiger partial charge >= 0.3 is 0 Å². The van der Waals surface area contributed by atoms with E-state index in [-0.39, 0.29) is 5.91 Å². The van der Waals surface area contributed by atoms with Crippen molar-refractivity contribution in [2.24, 2.45) is 0 Å². The Labute approximate surface area is 183 Å². The fourth-order valence-corrected chi connectivity index (χ4v) is 3.90. The van der Waals surface area contributed by atoms with Crippen LogP contribution in [-0.2, 0) is 6.42 Å². The van der Waals surface area contributed by atoms with Gasteiger partial charge in [-0.25, -0.2) is 0 Å². The fourth-order valence-electron chi connectivity index (χ4n) is 3.05. The van der Waals surface area contributed by atoms with Crippen LogP contribution in [0.25, 0.3) is 15.5 Å². The number of methoxy groups -OCH3 is 1. The van der Waals surface area contributed by atoms with E-state index >= 15 is 0 Å². The van der Waals surface area contributed by atoms with Crippen molar-refractivity contribution in [1.82, 2.24) is 19.8 Å². The second-order valence-corrected chi connectivity index (χ2v) is 7.77. The van der Waals surface area contributed by atoms with Crippen molar-refractivity contribution in [2.45, 2.75) is 26.7 Å². The Morgan fingerprint density at radius 3 is 2.65 bits per heavy atom. The van der Waals surface area contributed by atoms with Crippen LogP contribution in [-0.4, -0.2) is 39.4 Å². The summed E-state index contributed by atoms with van der Waals surface area (Å²) in [7, 11) is 1.57. The molecular weight excluding hydrogens is 414 g/mol. The highest BCUT2D eigenvalue weighted by molar-refractivity contribution is 7.19. The van der Waals surface area contributed by atoms with Crippen molar-refractivity contribution in [3.05, 3.63) is 53.9 Å². The number of nitrogens with one attached hydrogen (secondary N) is 1. The van der Waals surface area contributed by atoms with E-state index in [1.54, 1.807) is 35.9 Å². The van der Waals surface area contributed by atoms with Crippen molar-refractivity contribution in [1.29, 1.82) is 0 Å². The van der Waals surface area contributed by atoms with Crippen LogP contribution in [0.2, 0.25) is 0 Å². The van der Waals surface area contributed by atoms with Gasteiger partial charge in [-0.1, -0.05) is 25.2 Å². The number of aryl methyl sites for hydroxylation is 1. The lowest BCUT2D eigenvalue weighted by Crippen LogP contribution is -2.12. The summed E-state index contributed by atoms with van der Waals surface area (Å²) in [5.74, 6) is 1.89. The molecule has 1 amide bonds. The summed E-state index contributed by atoms with van der Waals surface area (Å²) in [6.07, 6.45) is 1.68. The van der Waals surface area contributed by atoms with Gasteiger partial charge in [-0.2, -0.15) is 9.61 Å². The van der Waals surface area contributed by atoms with Crippen LogP contribution in [0.4, 0.5) is 5.69 Å². The summed E-state index contributed by atoms with van der Waals surface area (Å²) < 4.78 is 12.8. The molecule has 1 N–H and O–H groups in total. The number of carbonyl (C=O) groups excluding carboxylic acids is 1. The van der Waals surface area contributed by atoms with Gasteiger partial charge in [0.1, 0.15) is 16.5 Å². The molecule has 2 aromatic carbocycles. The summed E-state index contributed by atoms with van der Waals surface area (Å²) in [6.45, 7) is 4.71. The highest BCUT2D eigenvalue weighted by Crippen LogP contribution is 2.33. The molecule has 0 atom stereocenters. The van der Waals surface area contributed by atoms with E-state index < -0.39 is 0 Å². The second kappa shape index (κ2) is 9.13. The Balaban J connectivity index is 1.58. The largest absolute Gasteiger partial charge is 0.495 e. The first kappa shape index (κ1) is 20.8. The molecule has 4 rings (SSSR count). The Hall–Kier alpha value is -3.46. The van der Waals surface area contributed by atoms with E-state index in [1.165, 1.54) is 11.3 Å². The van der Waals surface area contributed by atoms with Gasteiger partial charge in [-0.15, -0.1) is 10.2 Å². The number of fused-ring (bicyclic) bond motifs is 1. The number of carbonyl (C=O) groups is 1. The van der Waals surface area contributed by atoms with Crippen molar-refractivity contribution < 1.29 is 14.3 Å². The van der Waals surface area contributed by atoms with Gasteiger partial charge < -0.3 is 14.8 Å². The summed E-state index contributed by atoms with van der Waals surface area (Å²) >= 11 is 1.44. The summed E-state index contributed by atoms with van der Waals surface area (Å²) in [5.41, 5.74) is 1.96. The maximum Gasteiger partial charge on any atom is 0.255 e. The lowest BCUT2D eigenvalue weighted by atomic mass is 10.1. The molecule has 0 radical (unpaired) electrons. The zero-order valence-corrected chi connectivity index (χ0v) is 18.4. The minimum Gasteiger partial charge on any atom is -0.495 e. The third-order valence-electron chi connectivity index (χ3n) is 4.66. The molecule has 2 heterocycles. The Morgan fingerprint density at radius 2 is 1.94 bits per heavy atom. The van der Waals surface area contributed by atoms with Crippen LogP contribution in [0.1, 0.15) is 36.5 Å². The molecule has 0 aliphatic carbocycles. The average molecular weight is 438 g/mol. The molecule has 8 nitrogen and oxygen atoms in total. The van der Waals surface area contributed by atoms with E-state index in [9.17, 15) is 4.79 Å². The van der Waals surface area contributed by atoms with E-state index in [0.717, 1.165) is 39.9 Å². The number of hydrogen-bond donors (Lipinski definition) is 1. The SMILES string of the molecule is CCCOc1ccc(C(=O)Nc2cc(-c3nn4c(CC)nnc4s3)ccc2OC)cc1. The number of ether oxygens (including phenoxy) is 2. The maximum absolute atomic E-state index is 12.8. The van der Waals surface area contributed by atoms with Gasteiger partial charge in [0.05, 0.1) is 19.4 Å². The first-order valence-corrected chi connectivity index (χ1v) is 10.9. The molecule has 0 fully saturated rings. The number of amides is 1. The molecule has 0 aliphatic heterocycles. The van der Waals surface area contributed by atoms with Gasteiger partial charge in [0, 0.05) is 17.5 Å². The highest BCUT2D eigenvalue weighted by Gasteiger charge is 2.15. The van der Waals surface area contributed by atoms with Crippen LogP contribution in [0.15, 0.2) is 42.5 Å². The molecule has 0 aliphatic rings. The lowest BCUT2D eigenvalue weighted by molar-refractivity contribution is 0.102. The minimum atomic E-state index is -0.232.